The van der Waals surface area contributed by atoms with Crippen molar-refractivity contribution < 1.29 is 9.53 Å². The van der Waals surface area contributed by atoms with Crippen LogP contribution in [0.25, 0.3) is 11.0 Å². The number of amides is 2. The zero-order valence-electron chi connectivity index (χ0n) is 16.2. The van der Waals surface area contributed by atoms with E-state index in [4.69, 9.17) is 16.3 Å². The molecule has 1 aromatic heterocycles. The second kappa shape index (κ2) is 7.81. The molecule has 29 heavy (non-hydrogen) atoms. The van der Waals surface area contributed by atoms with Gasteiger partial charge in [0, 0.05) is 37.9 Å². The minimum atomic E-state index is -0.387. The van der Waals surface area contributed by atoms with Crippen LogP contribution in [0.5, 0.6) is 0 Å². The predicted molar refractivity (Wildman–Crippen MR) is 115 cm³/mol. The molecule has 0 unspecified atom stereocenters. The van der Waals surface area contributed by atoms with E-state index in [1.165, 1.54) is 0 Å². The van der Waals surface area contributed by atoms with Gasteiger partial charge < -0.3 is 20.3 Å². The molecule has 8 nitrogen and oxygen atoms in total. The number of hydrogen-bond acceptors (Lipinski definition) is 4. The SMILES string of the molecule is Cn1c(=O)n(C)c2cc(N3CCOCC3)c(NC(=O)Nc3cccc(Cl)c3)cc21. The molecule has 2 aromatic carbocycles. The number of benzene rings is 2. The standard InChI is InChI=1S/C20H22ClN5O3/c1-24-17-11-15(23-19(27)22-14-5-3-4-13(21)10-14)16(26-6-8-29-9-7-26)12-18(17)25(2)20(24)28/h3-5,10-12H,6-9H2,1-2H3,(H2,22,23,27). The monoisotopic (exact) mass is 415 g/mol. The molecular weight excluding hydrogens is 394 g/mol. The lowest BCUT2D eigenvalue weighted by atomic mass is 10.2. The van der Waals surface area contributed by atoms with Gasteiger partial charge in [0.15, 0.2) is 0 Å². The maximum absolute atomic E-state index is 12.6. The molecule has 1 fully saturated rings. The molecule has 3 aromatic rings. The molecular formula is C20H22ClN5O3. The molecule has 152 valence electrons. The number of halogens is 1. The first-order valence-electron chi connectivity index (χ1n) is 9.30. The molecule has 9 heteroatoms. The number of anilines is 3. The van der Waals surface area contributed by atoms with E-state index in [-0.39, 0.29) is 11.7 Å². The second-order valence-electron chi connectivity index (χ2n) is 6.95. The molecule has 1 aliphatic rings. The number of hydrogen-bond donors (Lipinski definition) is 2. The molecule has 0 bridgehead atoms. The summed E-state index contributed by atoms with van der Waals surface area (Å²) in [4.78, 5) is 27.1. The Bertz CT molecular complexity index is 1130. The first-order valence-corrected chi connectivity index (χ1v) is 9.67. The lowest BCUT2D eigenvalue weighted by molar-refractivity contribution is 0.123. The number of ether oxygens (including phenoxy) is 1. The zero-order valence-corrected chi connectivity index (χ0v) is 17.0. The van der Waals surface area contributed by atoms with Crippen LogP contribution in [0.4, 0.5) is 21.9 Å². The predicted octanol–water partition coefficient (Wildman–Crippen LogP) is 3.01. The number of fused-ring (bicyclic) bond motifs is 1. The number of urea groups is 1. The van der Waals surface area contributed by atoms with Crippen molar-refractivity contribution in [1.82, 2.24) is 9.13 Å². The van der Waals surface area contributed by atoms with Crippen LogP contribution < -0.4 is 21.2 Å². The van der Waals surface area contributed by atoms with Crippen molar-refractivity contribution in [1.29, 1.82) is 0 Å². The first-order chi connectivity index (χ1) is 13.9. The summed E-state index contributed by atoms with van der Waals surface area (Å²) in [7, 11) is 3.46. The Balaban J connectivity index is 1.71. The van der Waals surface area contributed by atoms with Crippen molar-refractivity contribution in [2.45, 2.75) is 0 Å². The number of nitrogens with zero attached hydrogens (tertiary/aromatic N) is 3. The fourth-order valence-corrected chi connectivity index (χ4v) is 3.74. The Hall–Kier alpha value is -2.97. The quantitative estimate of drug-likeness (QED) is 0.689. The summed E-state index contributed by atoms with van der Waals surface area (Å²) >= 11 is 5.99. The molecule has 4 rings (SSSR count). The summed E-state index contributed by atoms with van der Waals surface area (Å²) < 4.78 is 8.63. The van der Waals surface area contributed by atoms with Crippen LogP contribution in [-0.4, -0.2) is 41.5 Å². The number of rotatable bonds is 3. The lowest BCUT2D eigenvalue weighted by Gasteiger charge is -2.30. The van der Waals surface area contributed by atoms with E-state index >= 15 is 0 Å². The molecule has 1 saturated heterocycles. The molecule has 1 aliphatic heterocycles. The number of nitrogens with one attached hydrogen (secondary N) is 2. The van der Waals surface area contributed by atoms with Gasteiger partial charge in [-0.05, 0) is 30.3 Å². The Morgan fingerprint density at radius 3 is 2.41 bits per heavy atom. The van der Waals surface area contributed by atoms with Gasteiger partial charge in [-0.3, -0.25) is 9.13 Å². The third-order valence-electron chi connectivity index (χ3n) is 5.07. The van der Waals surface area contributed by atoms with Crippen LogP contribution in [-0.2, 0) is 18.8 Å². The van der Waals surface area contributed by atoms with Gasteiger partial charge in [0.05, 0.1) is 35.6 Å². The molecule has 0 radical (unpaired) electrons. The highest BCUT2D eigenvalue weighted by Gasteiger charge is 2.20. The maximum atomic E-state index is 12.6. The van der Waals surface area contributed by atoms with Crippen LogP contribution in [0.15, 0.2) is 41.2 Å². The molecule has 0 atom stereocenters. The molecule has 2 heterocycles. The van der Waals surface area contributed by atoms with Crippen LogP contribution in [0.1, 0.15) is 0 Å². The van der Waals surface area contributed by atoms with Gasteiger partial charge in [-0.1, -0.05) is 17.7 Å². The van der Waals surface area contributed by atoms with E-state index in [1.54, 1.807) is 47.5 Å². The second-order valence-corrected chi connectivity index (χ2v) is 7.38. The van der Waals surface area contributed by atoms with Crippen LogP contribution in [0, 0.1) is 0 Å². The van der Waals surface area contributed by atoms with Crippen molar-refractivity contribution in [2.75, 3.05) is 41.8 Å². The van der Waals surface area contributed by atoms with E-state index in [1.807, 2.05) is 12.1 Å². The summed E-state index contributed by atoms with van der Waals surface area (Å²) in [5, 5.41) is 6.25. The van der Waals surface area contributed by atoms with Gasteiger partial charge in [0.1, 0.15) is 0 Å². The van der Waals surface area contributed by atoms with Gasteiger partial charge in [-0.2, -0.15) is 0 Å². The average molecular weight is 416 g/mol. The van der Waals surface area contributed by atoms with Gasteiger partial charge in [-0.15, -0.1) is 0 Å². The molecule has 0 spiro atoms. The summed E-state index contributed by atoms with van der Waals surface area (Å²) in [6.45, 7) is 2.63. The Morgan fingerprint density at radius 2 is 1.72 bits per heavy atom. The third-order valence-corrected chi connectivity index (χ3v) is 5.31. The summed E-state index contributed by atoms with van der Waals surface area (Å²) in [6.07, 6.45) is 0. The minimum absolute atomic E-state index is 0.117. The summed E-state index contributed by atoms with van der Waals surface area (Å²) in [6, 6.07) is 10.3. The van der Waals surface area contributed by atoms with E-state index in [0.717, 1.165) is 16.7 Å². The van der Waals surface area contributed by atoms with E-state index in [9.17, 15) is 9.59 Å². The highest BCUT2D eigenvalue weighted by atomic mass is 35.5. The Kier molecular flexibility index (Phi) is 5.21. The van der Waals surface area contributed by atoms with Crippen LogP contribution in [0.3, 0.4) is 0 Å². The fourth-order valence-electron chi connectivity index (χ4n) is 3.55. The van der Waals surface area contributed by atoms with Crippen molar-refractivity contribution in [3.05, 3.63) is 51.9 Å². The smallest absolute Gasteiger partial charge is 0.328 e. The van der Waals surface area contributed by atoms with Gasteiger partial charge >= 0.3 is 11.7 Å². The van der Waals surface area contributed by atoms with Crippen molar-refractivity contribution >= 4 is 45.7 Å². The third kappa shape index (κ3) is 3.81. The van der Waals surface area contributed by atoms with Gasteiger partial charge in [-0.25, -0.2) is 9.59 Å². The Labute approximate surface area is 172 Å². The minimum Gasteiger partial charge on any atom is -0.378 e. The normalized spacial score (nSPS) is 14.2. The van der Waals surface area contributed by atoms with Gasteiger partial charge in [0.2, 0.25) is 0 Å². The highest BCUT2D eigenvalue weighted by Crippen LogP contribution is 2.32. The first kappa shape index (κ1) is 19.4. The van der Waals surface area contributed by atoms with Crippen molar-refractivity contribution in [3.63, 3.8) is 0 Å². The van der Waals surface area contributed by atoms with Crippen LogP contribution in [0.2, 0.25) is 5.02 Å². The summed E-state index contributed by atoms with van der Waals surface area (Å²) in [5.74, 6) is 0. The topological polar surface area (TPSA) is 80.5 Å². The Morgan fingerprint density at radius 1 is 1.03 bits per heavy atom. The largest absolute Gasteiger partial charge is 0.378 e. The van der Waals surface area contributed by atoms with E-state index in [0.29, 0.717) is 42.7 Å². The van der Waals surface area contributed by atoms with Crippen LogP contribution >= 0.6 is 11.6 Å². The van der Waals surface area contributed by atoms with Gasteiger partial charge in [0.25, 0.3) is 0 Å². The lowest BCUT2D eigenvalue weighted by Crippen LogP contribution is -2.37. The van der Waals surface area contributed by atoms with E-state index in [2.05, 4.69) is 15.5 Å². The number of carbonyl (C=O) groups is 1. The molecule has 0 aliphatic carbocycles. The van der Waals surface area contributed by atoms with Crippen molar-refractivity contribution in [3.8, 4) is 0 Å². The summed E-state index contributed by atoms with van der Waals surface area (Å²) in [5.41, 5.74) is 3.50. The van der Waals surface area contributed by atoms with Crippen molar-refractivity contribution in [2.24, 2.45) is 14.1 Å². The molecule has 2 amide bonds. The number of imidazole rings is 1. The average Bonchev–Trinajstić information content (AvgIpc) is 2.92. The highest BCUT2D eigenvalue weighted by molar-refractivity contribution is 6.30. The number of aromatic nitrogens is 2. The zero-order chi connectivity index (χ0) is 20.5. The van der Waals surface area contributed by atoms with E-state index < -0.39 is 0 Å². The fraction of sp³-hybridized carbons (Fsp3) is 0.300. The number of morpholine rings is 1. The molecule has 2 N–H and O–H groups in total. The number of aryl methyl sites for hydroxylation is 2. The number of carbonyl (C=O) groups excluding carboxylic acids is 1. The maximum Gasteiger partial charge on any atom is 0.328 e. The molecule has 0 saturated carbocycles.